The van der Waals surface area contributed by atoms with E-state index in [1.54, 1.807) is 11.0 Å². The van der Waals surface area contributed by atoms with Gasteiger partial charge in [0.1, 0.15) is 0 Å². The van der Waals surface area contributed by atoms with E-state index >= 15 is 0 Å². The minimum absolute atomic E-state index is 1.33. The summed E-state index contributed by atoms with van der Waals surface area (Å²) in [5.41, 5.74) is 1.33. The van der Waals surface area contributed by atoms with Crippen LogP contribution in [-0.4, -0.2) is 7.05 Å². The minimum Gasteiger partial charge on any atom is -0.309 e. The van der Waals surface area contributed by atoms with Gasteiger partial charge in [-0.15, -0.1) is 0 Å². The van der Waals surface area contributed by atoms with Crippen LogP contribution in [0.3, 0.4) is 0 Å². The molecular weight excluding hydrogens is 162 g/mol. The quantitative estimate of drug-likeness (QED) is 0.434. The zero-order chi connectivity index (χ0) is 6.97. The highest BCUT2D eigenvalue weighted by Gasteiger charge is 2.15. The van der Waals surface area contributed by atoms with Gasteiger partial charge in [-0.2, -0.15) is 0 Å². The first-order chi connectivity index (χ1) is 4.88. The van der Waals surface area contributed by atoms with Gasteiger partial charge in [0.05, 0.1) is 5.69 Å². The van der Waals surface area contributed by atoms with Gasteiger partial charge in [0, 0.05) is 22.9 Å². The van der Waals surface area contributed by atoms with E-state index in [-0.39, 0.29) is 0 Å². The zero-order valence-electron chi connectivity index (χ0n) is 5.57. The Kier molecular flexibility index (Phi) is 1.54. The largest absolute Gasteiger partial charge is 0.309 e. The fraction of sp³-hybridized carbons (Fsp3) is 0.143. The highest BCUT2D eigenvalue weighted by Crippen LogP contribution is 2.48. The van der Waals surface area contributed by atoms with E-state index in [2.05, 4.69) is 35.6 Å². The highest BCUT2D eigenvalue weighted by molar-refractivity contribution is 8.77. The lowest BCUT2D eigenvalue weighted by molar-refractivity contribution is 1.31. The van der Waals surface area contributed by atoms with Crippen molar-refractivity contribution in [2.75, 3.05) is 11.4 Å². The Bertz CT molecular complexity index is 249. The number of anilines is 1. The fourth-order valence-corrected chi connectivity index (χ4v) is 3.08. The summed E-state index contributed by atoms with van der Waals surface area (Å²) in [7, 11) is 5.68. The molecule has 0 atom stereocenters. The molecule has 0 amide bonds. The number of para-hydroxylation sites is 1. The van der Waals surface area contributed by atoms with Crippen molar-refractivity contribution in [2.24, 2.45) is 0 Å². The number of benzene rings is 1. The number of nitrogens with zero attached hydrogens (tertiary/aromatic N) is 1. The first kappa shape index (κ1) is 6.43. The number of rotatable bonds is 0. The molecule has 1 nitrogen and oxygen atoms in total. The number of hydrogen-bond acceptors (Lipinski definition) is 3. The third kappa shape index (κ3) is 0.896. The van der Waals surface area contributed by atoms with Gasteiger partial charge in [-0.05, 0) is 22.9 Å². The lowest BCUT2D eigenvalue weighted by Crippen LogP contribution is -1.99. The van der Waals surface area contributed by atoms with Crippen molar-refractivity contribution in [3.8, 4) is 0 Å². The van der Waals surface area contributed by atoms with Crippen LogP contribution < -0.4 is 4.31 Å². The SMILES string of the molecule is CN1SSc2ccccc21. The molecule has 2 rings (SSSR count). The van der Waals surface area contributed by atoms with E-state index in [4.69, 9.17) is 0 Å². The van der Waals surface area contributed by atoms with Crippen LogP contribution in [0, 0.1) is 0 Å². The molecule has 0 saturated heterocycles. The van der Waals surface area contributed by atoms with E-state index in [1.165, 1.54) is 10.6 Å². The van der Waals surface area contributed by atoms with Gasteiger partial charge in [-0.3, -0.25) is 0 Å². The molecule has 0 spiro atoms. The normalized spacial score (nSPS) is 15.5. The topological polar surface area (TPSA) is 3.24 Å². The smallest absolute Gasteiger partial charge is 0.0619 e. The second kappa shape index (κ2) is 2.40. The molecule has 1 heterocycles. The minimum atomic E-state index is 1.33. The third-order valence-corrected chi connectivity index (χ3v) is 3.90. The molecule has 0 fully saturated rings. The second-order valence-electron chi connectivity index (χ2n) is 2.12. The van der Waals surface area contributed by atoms with Crippen molar-refractivity contribution in [3.05, 3.63) is 24.3 Å². The highest BCUT2D eigenvalue weighted by atomic mass is 33.1. The van der Waals surface area contributed by atoms with Crippen molar-refractivity contribution < 1.29 is 0 Å². The van der Waals surface area contributed by atoms with Gasteiger partial charge in [-0.1, -0.05) is 12.1 Å². The molecule has 0 aliphatic carbocycles. The molecule has 0 saturated carbocycles. The van der Waals surface area contributed by atoms with Crippen LogP contribution in [0.1, 0.15) is 0 Å². The summed E-state index contributed by atoms with van der Waals surface area (Å²) in [6.07, 6.45) is 0. The van der Waals surface area contributed by atoms with Gasteiger partial charge < -0.3 is 4.31 Å². The lowest BCUT2D eigenvalue weighted by atomic mass is 10.3. The van der Waals surface area contributed by atoms with Crippen LogP contribution in [0.5, 0.6) is 0 Å². The maximum absolute atomic E-state index is 2.18. The summed E-state index contributed by atoms with van der Waals surface area (Å²) in [5, 5.41) is 0. The van der Waals surface area contributed by atoms with E-state index < -0.39 is 0 Å². The predicted molar refractivity (Wildman–Crippen MR) is 48.3 cm³/mol. The van der Waals surface area contributed by atoms with Crippen molar-refractivity contribution >= 4 is 27.5 Å². The molecule has 0 N–H and O–H groups in total. The lowest BCUT2D eigenvalue weighted by Gasteiger charge is -2.06. The van der Waals surface area contributed by atoms with Crippen molar-refractivity contribution in [1.82, 2.24) is 0 Å². The average Bonchev–Trinajstić information content (AvgIpc) is 2.34. The number of fused-ring (bicyclic) bond motifs is 1. The standard InChI is InChI=1S/C7H7NS2/c1-8-6-4-2-3-5-7(6)9-10-8/h2-5H,1H3. The average molecular weight is 169 g/mol. The summed E-state index contributed by atoms with van der Waals surface area (Å²) >= 11 is 0. The van der Waals surface area contributed by atoms with E-state index in [9.17, 15) is 0 Å². The predicted octanol–water partition coefficient (Wildman–Crippen LogP) is 2.79. The van der Waals surface area contributed by atoms with E-state index in [0.29, 0.717) is 0 Å². The van der Waals surface area contributed by atoms with Gasteiger partial charge in [-0.25, -0.2) is 0 Å². The van der Waals surface area contributed by atoms with Crippen molar-refractivity contribution in [2.45, 2.75) is 4.90 Å². The van der Waals surface area contributed by atoms with Crippen LogP contribution in [0.4, 0.5) is 5.69 Å². The Morgan fingerprint density at radius 3 is 2.90 bits per heavy atom. The Morgan fingerprint density at radius 1 is 1.30 bits per heavy atom. The Morgan fingerprint density at radius 2 is 2.10 bits per heavy atom. The third-order valence-electron chi connectivity index (χ3n) is 1.44. The van der Waals surface area contributed by atoms with Crippen LogP contribution in [0.25, 0.3) is 0 Å². The summed E-state index contributed by atoms with van der Waals surface area (Å²) in [6, 6.07) is 8.44. The molecule has 52 valence electrons. The van der Waals surface area contributed by atoms with Gasteiger partial charge >= 0.3 is 0 Å². The van der Waals surface area contributed by atoms with Gasteiger partial charge in [0.2, 0.25) is 0 Å². The maximum Gasteiger partial charge on any atom is 0.0619 e. The first-order valence-corrected chi connectivity index (χ1v) is 5.16. The first-order valence-electron chi connectivity index (χ1n) is 3.05. The van der Waals surface area contributed by atoms with Crippen molar-refractivity contribution in [1.29, 1.82) is 0 Å². The molecular formula is C7H7NS2. The van der Waals surface area contributed by atoms with E-state index in [1.807, 2.05) is 10.8 Å². The summed E-state index contributed by atoms with van der Waals surface area (Å²) < 4.78 is 2.18. The maximum atomic E-state index is 2.18. The van der Waals surface area contributed by atoms with Crippen LogP contribution in [-0.2, 0) is 0 Å². The molecule has 10 heavy (non-hydrogen) atoms. The Labute approximate surface area is 68.3 Å². The van der Waals surface area contributed by atoms with Crippen molar-refractivity contribution in [3.63, 3.8) is 0 Å². The number of hydrogen-bond donors (Lipinski definition) is 0. The molecule has 0 aromatic heterocycles. The molecule has 1 aliphatic heterocycles. The molecule has 0 bridgehead atoms. The molecule has 1 aliphatic rings. The van der Waals surface area contributed by atoms with Gasteiger partial charge in [0.25, 0.3) is 0 Å². The molecule has 3 heteroatoms. The van der Waals surface area contributed by atoms with E-state index in [0.717, 1.165) is 0 Å². The fourth-order valence-electron chi connectivity index (χ4n) is 0.924. The van der Waals surface area contributed by atoms with Gasteiger partial charge in [0.15, 0.2) is 0 Å². The second-order valence-corrected chi connectivity index (χ2v) is 4.37. The Hall–Kier alpha value is -0.280. The summed E-state index contributed by atoms with van der Waals surface area (Å²) in [5.74, 6) is 0. The van der Waals surface area contributed by atoms with Crippen LogP contribution >= 0.6 is 21.8 Å². The van der Waals surface area contributed by atoms with Crippen LogP contribution in [0.15, 0.2) is 29.2 Å². The molecule has 0 radical (unpaired) electrons. The molecule has 1 aromatic rings. The summed E-state index contributed by atoms with van der Waals surface area (Å²) in [4.78, 5) is 1.37. The zero-order valence-corrected chi connectivity index (χ0v) is 7.21. The monoisotopic (exact) mass is 169 g/mol. The molecule has 0 unspecified atom stereocenters. The molecule has 1 aromatic carbocycles. The summed E-state index contributed by atoms with van der Waals surface area (Å²) in [6.45, 7) is 0. The Balaban J connectivity index is 2.51. The van der Waals surface area contributed by atoms with Crippen LogP contribution in [0.2, 0.25) is 0 Å².